The first-order valence-corrected chi connectivity index (χ1v) is 11.5. The lowest BCUT2D eigenvalue weighted by molar-refractivity contribution is -0.112. The highest BCUT2D eigenvalue weighted by molar-refractivity contribution is 9.10. The molecule has 3 rings (SSSR count). The number of carbonyl (C=O) groups excluding carboxylic acids is 1. The van der Waals surface area contributed by atoms with Gasteiger partial charge in [-0.3, -0.25) is 4.79 Å². The van der Waals surface area contributed by atoms with Crippen LogP contribution in [0.15, 0.2) is 83.4 Å². The number of benzene rings is 3. The molecule has 1 N–H and O–H groups in total. The molecule has 0 aliphatic rings. The molecule has 172 valence electrons. The van der Waals surface area contributed by atoms with E-state index in [1.807, 2.05) is 36.4 Å². The van der Waals surface area contributed by atoms with Gasteiger partial charge < -0.3 is 14.8 Å². The number of hydrogen-bond acceptors (Lipinski definition) is 4. The number of ether oxygens (including phenoxy) is 2. The second kappa shape index (κ2) is 12.1. The van der Waals surface area contributed by atoms with Crippen LogP contribution in [0, 0.1) is 11.3 Å². The van der Waals surface area contributed by atoms with Gasteiger partial charge in [0, 0.05) is 10.0 Å². The third-order valence-electron chi connectivity index (χ3n) is 4.83. The van der Waals surface area contributed by atoms with Crippen LogP contribution in [0.3, 0.4) is 0 Å². The van der Waals surface area contributed by atoms with Crippen molar-refractivity contribution in [3.63, 3.8) is 0 Å². The van der Waals surface area contributed by atoms with E-state index in [4.69, 9.17) is 21.1 Å². The van der Waals surface area contributed by atoms with E-state index in [1.54, 1.807) is 43.5 Å². The van der Waals surface area contributed by atoms with Crippen molar-refractivity contribution < 1.29 is 14.3 Å². The molecule has 0 bridgehead atoms. The van der Waals surface area contributed by atoms with Gasteiger partial charge in [0.1, 0.15) is 18.2 Å². The molecule has 0 aliphatic heterocycles. The topological polar surface area (TPSA) is 71.4 Å². The van der Waals surface area contributed by atoms with Gasteiger partial charge in [0.15, 0.2) is 11.5 Å². The van der Waals surface area contributed by atoms with Gasteiger partial charge >= 0.3 is 0 Å². The molecule has 0 saturated heterocycles. The smallest absolute Gasteiger partial charge is 0.266 e. The first-order chi connectivity index (χ1) is 16.4. The minimum Gasteiger partial charge on any atom is -0.493 e. The molecule has 34 heavy (non-hydrogen) atoms. The van der Waals surface area contributed by atoms with Crippen LogP contribution >= 0.6 is 27.5 Å². The van der Waals surface area contributed by atoms with Crippen molar-refractivity contribution in [1.29, 1.82) is 5.26 Å². The average Bonchev–Trinajstić information content (AvgIpc) is 2.84. The molecule has 3 aromatic carbocycles. The standard InChI is InChI=1S/C27H22BrClN2O3/c1-3-6-20-13-19(14-21(16-30)27(32)31-24-8-5-4-7-23(24)29)15-25(33-2)26(20)34-17-18-9-11-22(28)12-10-18/h3-5,7-15H,1,6,17H2,2H3,(H,31,32)/b21-14+. The van der Waals surface area contributed by atoms with Crippen molar-refractivity contribution in [1.82, 2.24) is 0 Å². The van der Waals surface area contributed by atoms with E-state index in [1.165, 1.54) is 6.08 Å². The summed E-state index contributed by atoms with van der Waals surface area (Å²) in [5.74, 6) is 0.517. The summed E-state index contributed by atoms with van der Waals surface area (Å²) >= 11 is 9.54. The maximum atomic E-state index is 12.7. The summed E-state index contributed by atoms with van der Waals surface area (Å²) in [6, 6.07) is 20.2. The van der Waals surface area contributed by atoms with Crippen molar-refractivity contribution in [3.05, 3.63) is 105 Å². The number of nitrogens with zero attached hydrogens (tertiary/aromatic N) is 1. The first-order valence-electron chi connectivity index (χ1n) is 10.3. The van der Waals surface area contributed by atoms with Crippen LogP contribution in [-0.4, -0.2) is 13.0 Å². The quantitative estimate of drug-likeness (QED) is 0.182. The van der Waals surface area contributed by atoms with Crippen molar-refractivity contribution >= 4 is 45.2 Å². The third-order valence-corrected chi connectivity index (χ3v) is 5.69. The van der Waals surface area contributed by atoms with E-state index in [2.05, 4.69) is 27.8 Å². The molecule has 0 fully saturated rings. The van der Waals surface area contributed by atoms with Gasteiger partial charge in [-0.2, -0.15) is 5.26 Å². The molecule has 0 aromatic heterocycles. The fraction of sp³-hybridized carbons (Fsp3) is 0.111. The Balaban J connectivity index is 1.90. The molecule has 0 saturated carbocycles. The van der Waals surface area contributed by atoms with Crippen molar-refractivity contribution in [2.45, 2.75) is 13.0 Å². The summed E-state index contributed by atoms with van der Waals surface area (Å²) in [4.78, 5) is 12.7. The Morgan fingerprint density at radius 1 is 1.21 bits per heavy atom. The summed E-state index contributed by atoms with van der Waals surface area (Å²) in [6.07, 6.45) is 3.77. The highest BCUT2D eigenvalue weighted by Gasteiger charge is 2.15. The normalized spacial score (nSPS) is 10.8. The molecule has 7 heteroatoms. The Morgan fingerprint density at radius 2 is 1.94 bits per heavy atom. The molecule has 3 aromatic rings. The van der Waals surface area contributed by atoms with Crippen LogP contribution in [0.1, 0.15) is 16.7 Å². The molecular weight excluding hydrogens is 516 g/mol. The molecule has 0 spiro atoms. The maximum Gasteiger partial charge on any atom is 0.266 e. The van der Waals surface area contributed by atoms with E-state index >= 15 is 0 Å². The Bertz CT molecular complexity index is 1260. The van der Waals surface area contributed by atoms with Gasteiger partial charge in [-0.1, -0.05) is 57.9 Å². The monoisotopic (exact) mass is 536 g/mol. The number of nitrogens with one attached hydrogen (secondary N) is 1. The Morgan fingerprint density at radius 3 is 2.59 bits per heavy atom. The van der Waals surface area contributed by atoms with Gasteiger partial charge in [-0.15, -0.1) is 6.58 Å². The molecule has 0 radical (unpaired) electrons. The predicted molar refractivity (Wildman–Crippen MR) is 139 cm³/mol. The average molecular weight is 538 g/mol. The lowest BCUT2D eigenvalue weighted by Gasteiger charge is -2.16. The van der Waals surface area contributed by atoms with E-state index in [0.717, 1.165) is 15.6 Å². The maximum absolute atomic E-state index is 12.7. The van der Waals surface area contributed by atoms with Gasteiger partial charge in [0.25, 0.3) is 5.91 Å². The zero-order chi connectivity index (χ0) is 24.5. The number of para-hydroxylation sites is 1. The SMILES string of the molecule is C=CCc1cc(/C=C(\C#N)C(=O)Nc2ccccc2Cl)cc(OC)c1OCc1ccc(Br)cc1. The van der Waals surface area contributed by atoms with Crippen LogP contribution in [0.5, 0.6) is 11.5 Å². The number of amides is 1. The minimum atomic E-state index is -0.560. The highest BCUT2D eigenvalue weighted by atomic mass is 79.9. The van der Waals surface area contributed by atoms with Crippen molar-refractivity contribution in [2.75, 3.05) is 12.4 Å². The number of methoxy groups -OCH3 is 1. The summed E-state index contributed by atoms with van der Waals surface area (Å²) in [7, 11) is 1.54. The van der Waals surface area contributed by atoms with Crippen LogP contribution < -0.4 is 14.8 Å². The number of hydrogen-bond donors (Lipinski definition) is 1. The van der Waals surface area contributed by atoms with Gasteiger partial charge in [-0.25, -0.2) is 0 Å². The van der Waals surface area contributed by atoms with Crippen molar-refractivity contribution in [2.24, 2.45) is 0 Å². The summed E-state index contributed by atoms with van der Waals surface area (Å²) < 4.78 is 12.7. The highest BCUT2D eigenvalue weighted by Crippen LogP contribution is 2.35. The zero-order valence-corrected chi connectivity index (χ0v) is 20.8. The van der Waals surface area contributed by atoms with E-state index in [-0.39, 0.29) is 5.57 Å². The molecule has 0 unspecified atom stereocenters. The molecule has 1 amide bonds. The molecule has 0 aliphatic carbocycles. The number of carbonyl (C=O) groups is 1. The minimum absolute atomic E-state index is 0.0740. The number of allylic oxidation sites excluding steroid dienone is 1. The van der Waals surface area contributed by atoms with Gasteiger partial charge in [-0.05, 0) is 60.0 Å². The van der Waals surface area contributed by atoms with E-state index in [0.29, 0.717) is 40.8 Å². The Hall–Kier alpha value is -3.53. The Kier molecular flexibility index (Phi) is 8.92. The molecule has 5 nitrogen and oxygen atoms in total. The van der Waals surface area contributed by atoms with E-state index < -0.39 is 5.91 Å². The number of nitriles is 1. The second-order valence-corrected chi connectivity index (χ2v) is 8.55. The second-order valence-electron chi connectivity index (χ2n) is 7.22. The number of rotatable bonds is 9. The van der Waals surface area contributed by atoms with Crippen molar-refractivity contribution in [3.8, 4) is 17.6 Å². The summed E-state index contributed by atoms with van der Waals surface area (Å²) in [5, 5.41) is 12.7. The third kappa shape index (κ3) is 6.50. The molecule has 0 heterocycles. The zero-order valence-electron chi connectivity index (χ0n) is 18.5. The van der Waals surface area contributed by atoms with Gasteiger partial charge in [0.2, 0.25) is 0 Å². The molecule has 0 atom stereocenters. The summed E-state index contributed by atoms with van der Waals surface area (Å²) in [6.45, 7) is 4.18. The lowest BCUT2D eigenvalue weighted by Crippen LogP contribution is -2.13. The number of anilines is 1. The largest absolute Gasteiger partial charge is 0.493 e. The van der Waals surface area contributed by atoms with Crippen LogP contribution in [0.2, 0.25) is 5.02 Å². The lowest BCUT2D eigenvalue weighted by atomic mass is 10.0. The first kappa shape index (κ1) is 25.1. The molecular formula is C27H22BrClN2O3. The predicted octanol–water partition coefficient (Wildman–Crippen LogP) is 6.96. The van der Waals surface area contributed by atoms with Crippen LogP contribution in [-0.2, 0) is 17.8 Å². The fourth-order valence-corrected chi connectivity index (χ4v) is 3.64. The Labute approximate surface area is 212 Å². The summed E-state index contributed by atoms with van der Waals surface area (Å²) in [5.41, 5.74) is 2.80. The van der Waals surface area contributed by atoms with Crippen LogP contribution in [0.25, 0.3) is 6.08 Å². The van der Waals surface area contributed by atoms with E-state index in [9.17, 15) is 10.1 Å². The number of halogens is 2. The van der Waals surface area contributed by atoms with Gasteiger partial charge in [0.05, 0.1) is 17.8 Å². The van der Waals surface area contributed by atoms with Crippen LogP contribution in [0.4, 0.5) is 5.69 Å². The fourth-order valence-electron chi connectivity index (χ4n) is 3.19.